The number of halogens is 1. The van der Waals surface area contributed by atoms with Crippen molar-refractivity contribution in [3.63, 3.8) is 0 Å². The number of carbonyl (C=O) groups is 1. The van der Waals surface area contributed by atoms with Gasteiger partial charge in [0.05, 0.1) is 10.5 Å². The normalized spacial score (nSPS) is 9.92. The third-order valence-corrected chi connectivity index (χ3v) is 2.35. The molecule has 0 radical (unpaired) electrons. The highest BCUT2D eigenvalue weighted by Gasteiger charge is 2.12. The lowest BCUT2D eigenvalue weighted by Gasteiger charge is -2.01. The molecule has 64 valence electrons. The van der Waals surface area contributed by atoms with Crippen LogP contribution in [0.2, 0.25) is 0 Å². The van der Waals surface area contributed by atoms with Gasteiger partial charge in [-0.05, 0) is 29.6 Å². The highest BCUT2D eigenvalue weighted by atomic mass is 35.5. The summed E-state index contributed by atoms with van der Waals surface area (Å²) in [6.07, 6.45) is 0. The zero-order valence-corrected chi connectivity index (χ0v) is 7.78. The topological polar surface area (TPSA) is 70.7 Å². The molecule has 1 aromatic rings. The second kappa shape index (κ2) is 3.91. The van der Waals surface area contributed by atoms with E-state index in [0.717, 1.165) is 11.9 Å². The monoisotopic (exact) mass is 203 g/mol. The maximum Gasteiger partial charge on any atom is 0.253 e. The van der Waals surface area contributed by atoms with Gasteiger partial charge < -0.3 is 5.73 Å². The van der Waals surface area contributed by atoms with Crippen molar-refractivity contribution < 1.29 is 10.5 Å². The standard InChI is InChI=1S/C7H7ClN2OS/c8-7(11)4-2-1-3-5(9)6(4)12-10/h1-3H,9-10H2/p+1. The van der Waals surface area contributed by atoms with E-state index in [0.29, 0.717) is 16.1 Å². The van der Waals surface area contributed by atoms with Crippen LogP contribution in [-0.2, 0) is 0 Å². The van der Waals surface area contributed by atoms with Crippen molar-refractivity contribution in [2.75, 3.05) is 0 Å². The lowest BCUT2D eigenvalue weighted by molar-refractivity contribution is -0.258. The van der Waals surface area contributed by atoms with Crippen LogP contribution in [0.1, 0.15) is 10.4 Å². The average Bonchev–Trinajstić information content (AvgIpc) is 2.03. The third-order valence-electron chi connectivity index (χ3n) is 1.43. The Bertz CT molecular complexity index is 316. The van der Waals surface area contributed by atoms with Crippen LogP contribution in [0, 0.1) is 0 Å². The van der Waals surface area contributed by atoms with Crippen molar-refractivity contribution in [2.45, 2.75) is 4.90 Å². The summed E-state index contributed by atoms with van der Waals surface area (Å²) in [6, 6.07) is 5.12. The van der Waals surface area contributed by atoms with Crippen molar-refractivity contribution in [2.24, 2.45) is 5.14 Å². The summed E-state index contributed by atoms with van der Waals surface area (Å²) < 4.78 is 0. The second-order valence-electron chi connectivity index (χ2n) is 2.19. The molecule has 0 saturated carbocycles. The van der Waals surface area contributed by atoms with Crippen LogP contribution in [0.25, 0.3) is 0 Å². The lowest BCUT2D eigenvalue weighted by atomic mass is 10.2. The molecule has 0 fully saturated rings. The van der Waals surface area contributed by atoms with Crippen LogP contribution >= 0.6 is 23.5 Å². The lowest BCUT2D eigenvalue weighted by Crippen LogP contribution is -2.41. The highest BCUT2D eigenvalue weighted by Crippen LogP contribution is 2.24. The van der Waals surface area contributed by atoms with Gasteiger partial charge in [0.2, 0.25) is 0 Å². The first-order chi connectivity index (χ1) is 5.66. The van der Waals surface area contributed by atoms with Gasteiger partial charge in [0.15, 0.2) is 0 Å². The van der Waals surface area contributed by atoms with Crippen molar-refractivity contribution in [3.05, 3.63) is 23.8 Å². The Morgan fingerprint density at radius 3 is 2.67 bits per heavy atom. The first-order valence-corrected chi connectivity index (χ1v) is 4.44. The molecule has 1 rings (SSSR count). The Morgan fingerprint density at radius 2 is 2.25 bits per heavy atom. The maximum atomic E-state index is 10.8. The molecule has 0 atom stereocenters. The van der Waals surface area contributed by atoms with E-state index < -0.39 is 5.24 Å². The van der Waals surface area contributed by atoms with Crippen molar-refractivity contribution in [1.82, 2.24) is 0 Å². The minimum Gasteiger partial charge on any atom is -0.324 e. The molecule has 0 saturated heterocycles. The molecule has 0 unspecified atom stereocenters. The van der Waals surface area contributed by atoms with Gasteiger partial charge in [0, 0.05) is 6.07 Å². The van der Waals surface area contributed by atoms with E-state index >= 15 is 0 Å². The van der Waals surface area contributed by atoms with Crippen molar-refractivity contribution in [1.29, 1.82) is 0 Å². The summed E-state index contributed by atoms with van der Waals surface area (Å²) in [5, 5.41) is 4.85. The Labute approximate surface area is 79.2 Å². The number of carbonyl (C=O) groups excluding carboxylic acids is 1. The molecular weight excluding hydrogens is 196 g/mol. The van der Waals surface area contributed by atoms with E-state index in [-0.39, 0.29) is 0 Å². The van der Waals surface area contributed by atoms with Crippen LogP contribution in [0.5, 0.6) is 0 Å². The zero-order chi connectivity index (χ0) is 9.14. The van der Waals surface area contributed by atoms with Gasteiger partial charge in [-0.3, -0.25) is 9.93 Å². The number of rotatable bonds is 2. The van der Waals surface area contributed by atoms with Gasteiger partial charge in [0.25, 0.3) is 5.24 Å². The Morgan fingerprint density at radius 1 is 1.58 bits per heavy atom. The minimum atomic E-state index is -0.506. The molecule has 0 aliphatic heterocycles. The number of benzene rings is 1. The molecular formula is C7H8ClN2OS+. The predicted octanol–water partition coefficient (Wildman–Crippen LogP) is 0.905. The van der Waals surface area contributed by atoms with E-state index in [9.17, 15) is 4.79 Å². The summed E-state index contributed by atoms with van der Waals surface area (Å²) in [7, 11) is 0. The van der Waals surface area contributed by atoms with Crippen LogP contribution < -0.4 is 10.9 Å². The van der Waals surface area contributed by atoms with E-state index in [4.69, 9.17) is 16.7 Å². The fraction of sp³-hybridized carbons (Fsp3) is 0. The maximum absolute atomic E-state index is 10.8. The summed E-state index contributed by atoms with van der Waals surface area (Å²) in [5.41, 5.74) is 4.85. The van der Waals surface area contributed by atoms with Gasteiger partial charge in [-0.1, -0.05) is 6.07 Å². The molecule has 0 spiro atoms. The highest BCUT2D eigenvalue weighted by molar-refractivity contribution is 7.97. The van der Waals surface area contributed by atoms with Gasteiger partial charge >= 0.3 is 0 Å². The molecule has 0 amide bonds. The molecule has 5 N–H and O–H groups in total. The van der Waals surface area contributed by atoms with E-state index in [1.165, 1.54) is 0 Å². The third kappa shape index (κ3) is 1.78. The molecule has 1 aromatic carbocycles. The van der Waals surface area contributed by atoms with Crippen molar-refractivity contribution in [3.8, 4) is 0 Å². The molecule has 0 aliphatic rings. The van der Waals surface area contributed by atoms with Gasteiger partial charge in [-0.15, -0.1) is 0 Å². The number of quaternary nitrogens is 1. The molecule has 3 nitrogen and oxygen atoms in total. The summed E-state index contributed by atoms with van der Waals surface area (Å²) in [6.45, 7) is 0. The van der Waals surface area contributed by atoms with Gasteiger partial charge in [0.1, 0.15) is 5.69 Å². The Hall–Kier alpha value is -0.550. The number of nitrogens with two attached hydrogens (primary N) is 1. The van der Waals surface area contributed by atoms with Crippen molar-refractivity contribution >= 4 is 34.5 Å². The van der Waals surface area contributed by atoms with Gasteiger partial charge in [-0.2, -0.15) is 0 Å². The number of hydrogen-bond donors (Lipinski definition) is 2. The average molecular weight is 204 g/mol. The zero-order valence-electron chi connectivity index (χ0n) is 6.21. The smallest absolute Gasteiger partial charge is 0.253 e. The summed E-state index contributed by atoms with van der Waals surface area (Å²) >= 11 is 6.31. The fourth-order valence-electron chi connectivity index (χ4n) is 0.879. The van der Waals surface area contributed by atoms with E-state index in [1.807, 2.05) is 0 Å². The van der Waals surface area contributed by atoms with E-state index in [1.54, 1.807) is 18.2 Å². The molecule has 5 heteroatoms. The van der Waals surface area contributed by atoms with Gasteiger partial charge in [-0.25, -0.2) is 0 Å². The second-order valence-corrected chi connectivity index (χ2v) is 3.17. The predicted molar refractivity (Wildman–Crippen MR) is 49.2 cm³/mol. The Kier molecular flexibility index (Phi) is 3.11. The number of hydrogen-bond acceptors (Lipinski definition) is 3. The minimum absolute atomic E-state index is 0.414. The molecule has 12 heavy (non-hydrogen) atoms. The Balaban J connectivity index is 3.27. The SMILES string of the molecule is NSc1c([NH3+])cccc1C(=O)Cl. The fourth-order valence-corrected chi connectivity index (χ4v) is 1.60. The van der Waals surface area contributed by atoms with Crippen LogP contribution in [-0.4, -0.2) is 5.24 Å². The molecule has 0 heterocycles. The largest absolute Gasteiger partial charge is 0.324 e. The molecule has 0 aromatic heterocycles. The first-order valence-electron chi connectivity index (χ1n) is 3.18. The molecule has 0 aliphatic carbocycles. The van der Waals surface area contributed by atoms with Crippen LogP contribution in [0.4, 0.5) is 5.69 Å². The van der Waals surface area contributed by atoms with Crippen LogP contribution in [0.3, 0.4) is 0 Å². The first kappa shape index (κ1) is 9.54. The van der Waals surface area contributed by atoms with E-state index in [2.05, 4.69) is 5.73 Å². The quantitative estimate of drug-likeness (QED) is 0.554. The summed E-state index contributed by atoms with van der Waals surface area (Å²) in [5.74, 6) is 0. The molecule has 0 bridgehead atoms. The summed E-state index contributed by atoms with van der Waals surface area (Å²) in [4.78, 5) is 11.5. The van der Waals surface area contributed by atoms with Crippen LogP contribution in [0.15, 0.2) is 23.1 Å².